The van der Waals surface area contributed by atoms with Crippen molar-refractivity contribution in [2.75, 3.05) is 31.6 Å². The lowest BCUT2D eigenvalue weighted by Crippen LogP contribution is -2.43. The molecule has 0 atom stereocenters. The standard InChI is InChI=1S/C26H25ClN4O2S/c27-18-9-7-17(8-10-18)21-19-5-1-2-6-20(19)28-24-22(21)23(30-11-3-4-12-30)25(34-24)29-26(32)31-13-15-33-16-14-31/h3-4,7-12H,1-2,5-6,13-16H2,(H,29,32). The zero-order valence-electron chi connectivity index (χ0n) is 18.7. The van der Waals surface area contributed by atoms with Gasteiger partial charge in [-0.3, -0.25) is 5.32 Å². The highest BCUT2D eigenvalue weighted by Crippen LogP contribution is 2.46. The van der Waals surface area contributed by atoms with Gasteiger partial charge in [0.2, 0.25) is 0 Å². The van der Waals surface area contributed by atoms with Gasteiger partial charge in [-0.25, -0.2) is 9.78 Å². The maximum absolute atomic E-state index is 13.1. The minimum absolute atomic E-state index is 0.0962. The Morgan fingerprint density at radius 1 is 1.06 bits per heavy atom. The van der Waals surface area contributed by atoms with Crippen molar-refractivity contribution >= 4 is 44.2 Å². The summed E-state index contributed by atoms with van der Waals surface area (Å²) >= 11 is 7.78. The Kier molecular flexibility index (Phi) is 5.77. The van der Waals surface area contributed by atoms with Crippen LogP contribution in [-0.2, 0) is 17.6 Å². The molecular weight excluding hydrogens is 468 g/mol. The summed E-state index contributed by atoms with van der Waals surface area (Å²) in [5.74, 6) is 0. The summed E-state index contributed by atoms with van der Waals surface area (Å²) in [5, 5.41) is 5.82. The third-order valence-corrected chi connectivity index (χ3v) is 7.85. The van der Waals surface area contributed by atoms with Crippen molar-refractivity contribution in [2.24, 2.45) is 0 Å². The van der Waals surface area contributed by atoms with Gasteiger partial charge in [0, 0.05) is 41.6 Å². The summed E-state index contributed by atoms with van der Waals surface area (Å²) in [4.78, 5) is 21.0. The van der Waals surface area contributed by atoms with Gasteiger partial charge in [0.15, 0.2) is 0 Å². The fourth-order valence-electron chi connectivity index (χ4n) is 4.96. The van der Waals surface area contributed by atoms with E-state index in [4.69, 9.17) is 21.3 Å². The maximum atomic E-state index is 13.1. The summed E-state index contributed by atoms with van der Waals surface area (Å²) < 4.78 is 7.51. The highest BCUT2D eigenvalue weighted by atomic mass is 35.5. The molecule has 1 aromatic carbocycles. The number of pyridine rings is 1. The number of amides is 2. The average molecular weight is 493 g/mol. The van der Waals surface area contributed by atoms with Crippen LogP contribution in [0.3, 0.4) is 0 Å². The molecule has 0 saturated carbocycles. The van der Waals surface area contributed by atoms with Crippen molar-refractivity contribution < 1.29 is 9.53 Å². The average Bonchev–Trinajstić information content (AvgIpc) is 3.51. The number of urea groups is 1. The molecule has 2 aliphatic rings. The van der Waals surface area contributed by atoms with Crippen molar-refractivity contribution in [3.63, 3.8) is 0 Å². The van der Waals surface area contributed by atoms with Crippen LogP contribution in [0.5, 0.6) is 0 Å². The summed E-state index contributed by atoms with van der Waals surface area (Å²) in [6, 6.07) is 12.0. The molecule has 0 unspecified atom stereocenters. The third kappa shape index (κ3) is 3.87. The van der Waals surface area contributed by atoms with Gasteiger partial charge in [-0.2, -0.15) is 0 Å². The molecule has 34 heavy (non-hydrogen) atoms. The summed E-state index contributed by atoms with van der Waals surface area (Å²) in [5.41, 5.74) is 5.81. The number of morpholine rings is 1. The summed E-state index contributed by atoms with van der Waals surface area (Å²) in [7, 11) is 0. The molecule has 1 saturated heterocycles. The molecule has 0 bridgehead atoms. The Labute approximate surface area is 207 Å². The predicted octanol–water partition coefficient (Wildman–Crippen LogP) is 6.15. The van der Waals surface area contributed by atoms with E-state index in [1.165, 1.54) is 16.8 Å². The van der Waals surface area contributed by atoms with Gasteiger partial charge in [-0.15, -0.1) is 0 Å². The number of fused-ring (bicyclic) bond motifs is 2. The van der Waals surface area contributed by atoms with Crippen molar-refractivity contribution in [1.29, 1.82) is 0 Å². The number of ether oxygens (including phenoxy) is 1. The van der Waals surface area contributed by atoms with E-state index < -0.39 is 0 Å². The van der Waals surface area contributed by atoms with E-state index in [9.17, 15) is 4.79 Å². The summed E-state index contributed by atoms with van der Waals surface area (Å²) in [6.45, 7) is 2.33. The number of carbonyl (C=O) groups excluding carboxylic acids is 1. The number of hydrogen-bond donors (Lipinski definition) is 1. The number of rotatable bonds is 3. The highest BCUT2D eigenvalue weighted by molar-refractivity contribution is 7.23. The van der Waals surface area contributed by atoms with Gasteiger partial charge >= 0.3 is 6.03 Å². The minimum atomic E-state index is -0.0962. The van der Waals surface area contributed by atoms with Gasteiger partial charge < -0.3 is 14.2 Å². The molecule has 2 amide bonds. The first-order chi connectivity index (χ1) is 16.7. The monoisotopic (exact) mass is 492 g/mol. The number of aromatic nitrogens is 2. The Morgan fingerprint density at radius 2 is 1.79 bits per heavy atom. The zero-order valence-corrected chi connectivity index (χ0v) is 20.3. The van der Waals surface area contributed by atoms with Crippen LogP contribution in [0.25, 0.3) is 27.0 Å². The zero-order chi connectivity index (χ0) is 23.1. The predicted molar refractivity (Wildman–Crippen MR) is 137 cm³/mol. The van der Waals surface area contributed by atoms with Crippen LogP contribution in [-0.4, -0.2) is 46.8 Å². The number of nitrogens with one attached hydrogen (secondary N) is 1. The number of benzene rings is 1. The van der Waals surface area contributed by atoms with E-state index in [1.54, 1.807) is 11.3 Å². The van der Waals surface area contributed by atoms with E-state index in [2.05, 4.69) is 22.0 Å². The molecule has 4 heterocycles. The lowest BCUT2D eigenvalue weighted by molar-refractivity contribution is 0.0565. The van der Waals surface area contributed by atoms with Crippen LogP contribution >= 0.6 is 22.9 Å². The van der Waals surface area contributed by atoms with Crippen molar-refractivity contribution in [3.8, 4) is 16.8 Å². The first-order valence-electron chi connectivity index (χ1n) is 11.7. The lowest BCUT2D eigenvalue weighted by atomic mass is 9.87. The first-order valence-corrected chi connectivity index (χ1v) is 12.9. The molecule has 0 radical (unpaired) electrons. The molecule has 4 aromatic rings. The second kappa shape index (κ2) is 9.06. The van der Waals surface area contributed by atoms with Crippen molar-refractivity contribution in [1.82, 2.24) is 14.5 Å². The number of hydrogen-bond acceptors (Lipinski definition) is 4. The van der Waals surface area contributed by atoms with Gasteiger partial charge in [-0.1, -0.05) is 35.1 Å². The maximum Gasteiger partial charge on any atom is 0.322 e. The molecule has 0 spiro atoms. The van der Waals surface area contributed by atoms with Gasteiger partial charge in [-0.05, 0) is 66.6 Å². The topological polar surface area (TPSA) is 59.4 Å². The molecule has 1 N–H and O–H groups in total. The van der Waals surface area contributed by atoms with Crippen LogP contribution in [0.4, 0.5) is 9.80 Å². The van der Waals surface area contributed by atoms with Gasteiger partial charge in [0.1, 0.15) is 9.83 Å². The fourth-order valence-corrected chi connectivity index (χ4v) is 6.18. The van der Waals surface area contributed by atoms with Crippen LogP contribution < -0.4 is 5.32 Å². The van der Waals surface area contributed by atoms with Gasteiger partial charge in [0.05, 0.1) is 18.9 Å². The van der Waals surface area contributed by atoms with E-state index in [-0.39, 0.29) is 6.03 Å². The van der Waals surface area contributed by atoms with E-state index >= 15 is 0 Å². The largest absolute Gasteiger partial charge is 0.378 e. The lowest BCUT2D eigenvalue weighted by Gasteiger charge is -2.26. The normalized spacial score (nSPS) is 16.0. The Hall–Kier alpha value is -2.87. The van der Waals surface area contributed by atoms with Crippen molar-refractivity contribution in [2.45, 2.75) is 25.7 Å². The molecule has 3 aromatic heterocycles. The highest BCUT2D eigenvalue weighted by Gasteiger charge is 2.27. The van der Waals surface area contributed by atoms with Gasteiger partial charge in [0.25, 0.3) is 0 Å². The second-order valence-corrected chi connectivity index (χ2v) is 10.1. The Bertz CT molecular complexity index is 1340. The van der Waals surface area contributed by atoms with Crippen molar-refractivity contribution in [3.05, 3.63) is 65.1 Å². The van der Waals surface area contributed by atoms with Crippen LogP contribution in [0.2, 0.25) is 5.02 Å². The Balaban J connectivity index is 1.58. The summed E-state index contributed by atoms with van der Waals surface area (Å²) in [6.07, 6.45) is 8.35. The first kappa shape index (κ1) is 21.6. The van der Waals surface area contributed by atoms with Crippen LogP contribution in [0.15, 0.2) is 48.8 Å². The van der Waals surface area contributed by atoms with Crippen LogP contribution in [0.1, 0.15) is 24.1 Å². The molecule has 1 aliphatic carbocycles. The third-order valence-electron chi connectivity index (χ3n) is 6.61. The molecule has 6 nitrogen and oxygen atoms in total. The Morgan fingerprint density at radius 3 is 2.56 bits per heavy atom. The molecular formula is C26H25ClN4O2S. The van der Waals surface area contributed by atoms with E-state index in [0.717, 1.165) is 57.2 Å². The van der Waals surface area contributed by atoms with Crippen LogP contribution in [0, 0.1) is 0 Å². The molecule has 6 rings (SSSR count). The number of anilines is 1. The number of halogens is 1. The number of aryl methyl sites for hydroxylation is 1. The smallest absolute Gasteiger partial charge is 0.322 e. The molecule has 8 heteroatoms. The molecule has 1 fully saturated rings. The second-order valence-electron chi connectivity index (χ2n) is 8.71. The van der Waals surface area contributed by atoms with E-state index in [1.807, 2.05) is 41.6 Å². The molecule has 174 valence electrons. The van der Waals surface area contributed by atoms with E-state index in [0.29, 0.717) is 26.3 Å². The minimum Gasteiger partial charge on any atom is -0.378 e. The fraction of sp³-hybridized carbons (Fsp3) is 0.308. The SMILES string of the molecule is O=C(Nc1sc2nc3c(c(-c4ccc(Cl)cc4)c2c1-n1cccc1)CCCC3)N1CCOCC1. The quantitative estimate of drug-likeness (QED) is 0.373. The number of carbonyl (C=O) groups is 1. The molecule has 1 aliphatic heterocycles. The number of nitrogens with zero attached hydrogens (tertiary/aromatic N) is 3. The number of thiophene rings is 1.